The van der Waals surface area contributed by atoms with Crippen molar-refractivity contribution in [2.45, 2.75) is 32.1 Å². The molecule has 2 N–H and O–H groups in total. The molecule has 0 amide bonds. The second-order valence-electron chi connectivity index (χ2n) is 4.34. The van der Waals surface area contributed by atoms with Crippen molar-refractivity contribution in [1.82, 2.24) is 5.32 Å². The van der Waals surface area contributed by atoms with Crippen molar-refractivity contribution in [1.29, 1.82) is 0 Å². The molecule has 2 atom stereocenters. The van der Waals surface area contributed by atoms with E-state index in [9.17, 15) is 5.11 Å². The average Bonchev–Trinajstić information content (AvgIpc) is 2.87. The lowest BCUT2D eigenvalue weighted by molar-refractivity contribution is 0.0217. The Hall–Kier alpha value is -0.490. The van der Waals surface area contributed by atoms with Crippen LogP contribution in [0.1, 0.15) is 19.1 Å². The summed E-state index contributed by atoms with van der Waals surface area (Å²) in [5.74, 6) is 1.92. The van der Waals surface area contributed by atoms with Gasteiger partial charge in [-0.15, -0.1) is 0 Å². The zero-order chi connectivity index (χ0) is 13.2. The maximum absolute atomic E-state index is 9.73. The summed E-state index contributed by atoms with van der Waals surface area (Å²) in [6.07, 6.45) is 4.35. The maximum Gasteiger partial charge on any atom is 0.129 e. The lowest BCUT2D eigenvalue weighted by Crippen LogP contribution is -2.36. The van der Waals surface area contributed by atoms with Crippen molar-refractivity contribution < 1.29 is 14.3 Å². The minimum absolute atomic E-state index is 0.322. The van der Waals surface area contributed by atoms with Gasteiger partial charge in [-0.25, -0.2) is 0 Å². The molecule has 0 spiro atoms. The fraction of sp³-hybridized carbons (Fsp3) is 0.692. The lowest BCUT2D eigenvalue weighted by Gasteiger charge is -2.16. The van der Waals surface area contributed by atoms with Crippen LogP contribution in [0.3, 0.4) is 0 Å². The summed E-state index contributed by atoms with van der Waals surface area (Å²) < 4.78 is 10.5. The van der Waals surface area contributed by atoms with E-state index in [2.05, 4.69) is 18.5 Å². The summed E-state index contributed by atoms with van der Waals surface area (Å²) in [6.45, 7) is 3.43. The molecule has 0 aliphatic heterocycles. The van der Waals surface area contributed by atoms with E-state index in [0.29, 0.717) is 25.8 Å². The van der Waals surface area contributed by atoms with E-state index in [-0.39, 0.29) is 0 Å². The molecule has 1 rings (SSSR count). The van der Waals surface area contributed by atoms with Gasteiger partial charge in [-0.2, -0.15) is 11.8 Å². The molecule has 2 unspecified atom stereocenters. The Morgan fingerprint density at radius 3 is 3.06 bits per heavy atom. The Balaban J connectivity index is 2.01. The van der Waals surface area contributed by atoms with Crippen LogP contribution in [0.4, 0.5) is 0 Å². The quantitative estimate of drug-likeness (QED) is 0.682. The predicted molar refractivity (Wildman–Crippen MR) is 74.8 cm³/mol. The third kappa shape index (κ3) is 7.06. The van der Waals surface area contributed by atoms with E-state index < -0.39 is 6.10 Å². The van der Waals surface area contributed by atoms with E-state index in [0.717, 1.165) is 17.9 Å². The minimum Gasteiger partial charge on any atom is -0.467 e. The molecular formula is C13H23NO3S. The summed E-state index contributed by atoms with van der Waals surface area (Å²) in [7, 11) is 0. The Bertz CT molecular complexity index is 292. The third-order valence-corrected chi connectivity index (χ3v) is 3.24. The van der Waals surface area contributed by atoms with Gasteiger partial charge in [0.1, 0.15) is 12.4 Å². The predicted octanol–water partition coefficient (Wildman–Crippen LogP) is 1.89. The summed E-state index contributed by atoms with van der Waals surface area (Å²) >= 11 is 1.84. The van der Waals surface area contributed by atoms with Crippen LogP contribution in [-0.4, -0.2) is 42.4 Å². The molecule has 18 heavy (non-hydrogen) atoms. The first-order chi connectivity index (χ1) is 8.72. The van der Waals surface area contributed by atoms with Gasteiger partial charge in [-0.3, -0.25) is 0 Å². The zero-order valence-corrected chi connectivity index (χ0v) is 11.9. The van der Waals surface area contributed by atoms with Crippen LogP contribution in [0.2, 0.25) is 0 Å². The van der Waals surface area contributed by atoms with Gasteiger partial charge in [0.05, 0.1) is 19.0 Å². The highest BCUT2D eigenvalue weighted by Crippen LogP contribution is 2.02. The molecule has 0 aliphatic rings. The van der Waals surface area contributed by atoms with Crippen molar-refractivity contribution in [2.75, 3.05) is 25.2 Å². The third-order valence-electron chi connectivity index (χ3n) is 2.59. The molecular weight excluding hydrogens is 250 g/mol. The van der Waals surface area contributed by atoms with Crippen LogP contribution in [0.25, 0.3) is 0 Å². The molecule has 4 nitrogen and oxygen atoms in total. The van der Waals surface area contributed by atoms with Gasteiger partial charge >= 0.3 is 0 Å². The van der Waals surface area contributed by atoms with Crippen molar-refractivity contribution >= 4 is 11.8 Å². The van der Waals surface area contributed by atoms with Crippen LogP contribution in [-0.2, 0) is 11.3 Å². The lowest BCUT2D eigenvalue weighted by atomic mass is 10.2. The maximum atomic E-state index is 9.73. The monoisotopic (exact) mass is 273 g/mol. The molecule has 0 bridgehead atoms. The summed E-state index contributed by atoms with van der Waals surface area (Å²) in [5.41, 5.74) is 0. The summed E-state index contributed by atoms with van der Waals surface area (Å²) in [4.78, 5) is 0. The highest BCUT2D eigenvalue weighted by molar-refractivity contribution is 7.98. The van der Waals surface area contributed by atoms with Crippen molar-refractivity contribution in [3.05, 3.63) is 24.2 Å². The van der Waals surface area contributed by atoms with Gasteiger partial charge in [-0.1, -0.05) is 0 Å². The Kier molecular flexibility index (Phi) is 8.17. The number of hydrogen-bond donors (Lipinski definition) is 2. The molecule has 1 heterocycles. The number of ether oxygens (including phenoxy) is 1. The van der Waals surface area contributed by atoms with E-state index in [4.69, 9.17) is 9.15 Å². The summed E-state index contributed by atoms with van der Waals surface area (Å²) in [5, 5.41) is 13.0. The highest BCUT2D eigenvalue weighted by atomic mass is 32.2. The van der Waals surface area contributed by atoms with Gasteiger partial charge in [-0.05, 0) is 37.5 Å². The molecule has 5 heteroatoms. The Morgan fingerprint density at radius 1 is 1.56 bits per heavy atom. The van der Waals surface area contributed by atoms with Crippen LogP contribution < -0.4 is 5.32 Å². The largest absolute Gasteiger partial charge is 0.467 e. The zero-order valence-electron chi connectivity index (χ0n) is 11.1. The Morgan fingerprint density at radius 2 is 2.39 bits per heavy atom. The fourth-order valence-electron chi connectivity index (χ4n) is 1.48. The van der Waals surface area contributed by atoms with Crippen LogP contribution in [0, 0.1) is 0 Å². The molecule has 1 aromatic heterocycles. The number of aliphatic hydroxyl groups excluding tert-OH is 1. The second-order valence-corrected chi connectivity index (χ2v) is 5.32. The van der Waals surface area contributed by atoms with E-state index in [1.54, 1.807) is 6.26 Å². The van der Waals surface area contributed by atoms with Gasteiger partial charge in [0.25, 0.3) is 0 Å². The van der Waals surface area contributed by atoms with Gasteiger partial charge < -0.3 is 19.6 Å². The molecule has 0 radical (unpaired) electrons. The SMILES string of the molecule is CSCCC(C)NCC(O)COCc1ccco1. The molecule has 0 saturated heterocycles. The topological polar surface area (TPSA) is 54.6 Å². The molecule has 104 valence electrons. The van der Waals surface area contributed by atoms with Crippen LogP contribution >= 0.6 is 11.8 Å². The van der Waals surface area contributed by atoms with Crippen LogP contribution in [0.15, 0.2) is 22.8 Å². The number of aliphatic hydroxyl groups is 1. The van der Waals surface area contributed by atoms with E-state index in [1.807, 2.05) is 23.9 Å². The van der Waals surface area contributed by atoms with Crippen LogP contribution in [0.5, 0.6) is 0 Å². The van der Waals surface area contributed by atoms with Crippen molar-refractivity contribution in [3.8, 4) is 0 Å². The molecule has 0 fully saturated rings. The van der Waals surface area contributed by atoms with Gasteiger partial charge in [0.2, 0.25) is 0 Å². The number of nitrogens with one attached hydrogen (secondary N) is 1. The smallest absolute Gasteiger partial charge is 0.129 e. The first kappa shape index (κ1) is 15.6. The average molecular weight is 273 g/mol. The van der Waals surface area contributed by atoms with E-state index in [1.165, 1.54) is 0 Å². The second kappa shape index (κ2) is 9.44. The Labute approximate surface area is 113 Å². The fourth-order valence-corrected chi connectivity index (χ4v) is 2.07. The molecule has 1 aromatic rings. The number of thioether (sulfide) groups is 1. The van der Waals surface area contributed by atoms with Gasteiger partial charge in [0, 0.05) is 12.6 Å². The number of hydrogen-bond acceptors (Lipinski definition) is 5. The summed E-state index contributed by atoms with van der Waals surface area (Å²) in [6, 6.07) is 4.11. The number of furan rings is 1. The van der Waals surface area contributed by atoms with E-state index >= 15 is 0 Å². The number of rotatable bonds is 10. The normalized spacial score (nSPS) is 14.6. The van der Waals surface area contributed by atoms with Crippen molar-refractivity contribution in [3.63, 3.8) is 0 Å². The van der Waals surface area contributed by atoms with Gasteiger partial charge in [0.15, 0.2) is 0 Å². The first-order valence-corrected chi connectivity index (χ1v) is 7.62. The first-order valence-electron chi connectivity index (χ1n) is 6.23. The molecule has 0 saturated carbocycles. The van der Waals surface area contributed by atoms with Crippen molar-refractivity contribution in [2.24, 2.45) is 0 Å². The molecule has 0 aliphatic carbocycles. The minimum atomic E-state index is -0.475. The molecule has 0 aromatic carbocycles. The standard InChI is InChI=1S/C13H23NO3S/c1-11(5-7-18-2)14-8-12(15)9-16-10-13-4-3-6-17-13/h3-4,6,11-12,14-15H,5,7-10H2,1-2H3. The highest BCUT2D eigenvalue weighted by Gasteiger charge is 2.07.